The number of nitrogens with one attached hydrogen (secondary N) is 1. The van der Waals surface area contributed by atoms with Crippen molar-refractivity contribution in [3.05, 3.63) is 75.3 Å². The van der Waals surface area contributed by atoms with Crippen LogP contribution in [0.15, 0.2) is 63.4 Å². The second-order valence-corrected chi connectivity index (χ2v) is 8.17. The fourth-order valence-corrected chi connectivity index (χ4v) is 3.99. The number of methoxy groups -OCH3 is 1. The van der Waals surface area contributed by atoms with E-state index < -0.39 is 24.0 Å². The van der Waals surface area contributed by atoms with Crippen LogP contribution < -0.4 is 10.2 Å². The number of carbonyl (C=O) groups is 2. The molecule has 0 bridgehead atoms. The summed E-state index contributed by atoms with van der Waals surface area (Å²) in [7, 11) is 5.02. The SMILES string of the molecule is COC(=O)C1=C(C)NC(C)=C(C(=O)OC(C)c2ccc(N(C)C)o2)C1c1ccccc1Cl. The van der Waals surface area contributed by atoms with Gasteiger partial charge in [-0.2, -0.15) is 0 Å². The molecule has 1 N–H and O–H groups in total. The number of allylic oxidation sites excluding steroid dienone is 2. The minimum Gasteiger partial charge on any atom is -0.466 e. The summed E-state index contributed by atoms with van der Waals surface area (Å²) in [6.45, 7) is 5.25. The highest BCUT2D eigenvalue weighted by Gasteiger charge is 2.39. The van der Waals surface area contributed by atoms with Gasteiger partial charge in [-0.3, -0.25) is 0 Å². The first-order valence-corrected chi connectivity index (χ1v) is 10.5. The molecule has 0 aliphatic carbocycles. The Morgan fingerprint density at radius 2 is 1.69 bits per heavy atom. The van der Waals surface area contributed by atoms with Crippen LogP contribution in [0.4, 0.5) is 5.88 Å². The maximum Gasteiger partial charge on any atom is 0.337 e. The lowest BCUT2D eigenvalue weighted by Crippen LogP contribution is -2.32. The molecule has 32 heavy (non-hydrogen) atoms. The molecule has 1 aromatic carbocycles. The smallest absolute Gasteiger partial charge is 0.337 e. The van der Waals surface area contributed by atoms with Crippen LogP contribution in [0.5, 0.6) is 0 Å². The second kappa shape index (κ2) is 9.53. The van der Waals surface area contributed by atoms with E-state index in [1.54, 1.807) is 57.2 Å². The number of dihydropyridines is 1. The first-order chi connectivity index (χ1) is 15.1. The molecule has 0 saturated heterocycles. The van der Waals surface area contributed by atoms with Crippen molar-refractivity contribution in [3.63, 3.8) is 0 Å². The summed E-state index contributed by atoms with van der Waals surface area (Å²) in [6.07, 6.45) is -0.642. The van der Waals surface area contributed by atoms with Crippen molar-refractivity contribution in [2.75, 3.05) is 26.1 Å². The summed E-state index contributed by atoms with van der Waals surface area (Å²) in [5.74, 6) is -0.709. The van der Waals surface area contributed by atoms with Crippen molar-refractivity contribution in [2.45, 2.75) is 32.8 Å². The van der Waals surface area contributed by atoms with Gasteiger partial charge in [0.15, 0.2) is 12.0 Å². The predicted molar refractivity (Wildman–Crippen MR) is 122 cm³/mol. The van der Waals surface area contributed by atoms with Crippen molar-refractivity contribution >= 4 is 29.4 Å². The van der Waals surface area contributed by atoms with Gasteiger partial charge in [0, 0.05) is 36.6 Å². The average molecular weight is 459 g/mol. The molecule has 0 saturated carbocycles. The van der Waals surface area contributed by atoms with Gasteiger partial charge >= 0.3 is 11.9 Å². The molecule has 7 nitrogen and oxygen atoms in total. The minimum absolute atomic E-state index is 0.287. The number of ether oxygens (including phenoxy) is 2. The molecular formula is C24H27ClN2O5. The highest BCUT2D eigenvalue weighted by Crippen LogP contribution is 2.42. The Morgan fingerprint density at radius 1 is 1.06 bits per heavy atom. The predicted octanol–water partition coefficient (Wildman–Crippen LogP) is 4.71. The van der Waals surface area contributed by atoms with Crippen molar-refractivity contribution in [2.24, 2.45) is 0 Å². The zero-order valence-electron chi connectivity index (χ0n) is 19.0. The molecular weight excluding hydrogens is 432 g/mol. The molecule has 2 atom stereocenters. The maximum atomic E-state index is 13.4. The lowest BCUT2D eigenvalue weighted by atomic mass is 9.80. The van der Waals surface area contributed by atoms with Gasteiger partial charge in [0.25, 0.3) is 0 Å². The minimum atomic E-state index is -0.744. The number of carbonyl (C=O) groups excluding carboxylic acids is 2. The first-order valence-electron chi connectivity index (χ1n) is 10.1. The average Bonchev–Trinajstić information content (AvgIpc) is 3.24. The number of hydrogen-bond donors (Lipinski definition) is 1. The fraction of sp³-hybridized carbons (Fsp3) is 0.333. The number of rotatable bonds is 6. The van der Waals surface area contributed by atoms with E-state index in [2.05, 4.69) is 5.32 Å². The molecule has 0 amide bonds. The van der Waals surface area contributed by atoms with Gasteiger partial charge in [-0.25, -0.2) is 9.59 Å². The Balaban J connectivity index is 2.01. The number of anilines is 1. The molecule has 2 heterocycles. The maximum absolute atomic E-state index is 13.4. The molecule has 0 spiro atoms. The topological polar surface area (TPSA) is 81.0 Å². The third-order valence-corrected chi connectivity index (χ3v) is 5.68. The number of nitrogens with zero attached hydrogens (tertiary/aromatic N) is 1. The van der Waals surface area contributed by atoms with Crippen molar-refractivity contribution in [1.82, 2.24) is 5.32 Å². The monoisotopic (exact) mass is 458 g/mol. The van der Waals surface area contributed by atoms with Gasteiger partial charge in [-0.1, -0.05) is 29.8 Å². The Hall–Kier alpha value is -3.19. The molecule has 170 valence electrons. The summed E-state index contributed by atoms with van der Waals surface area (Å²) in [6, 6.07) is 10.7. The Kier molecular flexibility index (Phi) is 6.99. The lowest BCUT2D eigenvalue weighted by molar-refractivity contribution is -0.145. The van der Waals surface area contributed by atoms with Crippen LogP contribution in [0.2, 0.25) is 5.02 Å². The van der Waals surface area contributed by atoms with Gasteiger partial charge in [-0.05, 0) is 38.5 Å². The second-order valence-electron chi connectivity index (χ2n) is 7.77. The van der Waals surface area contributed by atoms with E-state index in [1.807, 2.05) is 19.0 Å². The molecule has 2 unspecified atom stereocenters. The van der Waals surface area contributed by atoms with E-state index >= 15 is 0 Å². The zero-order valence-corrected chi connectivity index (χ0v) is 19.7. The summed E-state index contributed by atoms with van der Waals surface area (Å²) in [5, 5.41) is 3.54. The summed E-state index contributed by atoms with van der Waals surface area (Å²) in [4.78, 5) is 27.9. The molecule has 8 heteroatoms. The van der Waals surface area contributed by atoms with Gasteiger partial charge in [0.1, 0.15) is 5.76 Å². The van der Waals surface area contributed by atoms with E-state index in [4.69, 9.17) is 25.5 Å². The molecule has 2 aromatic rings. The van der Waals surface area contributed by atoms with Gasteiger partial charge < -0.3 is 24.1 Å². The Bertz CT molecular complexity index is 1100. The molecule has 1 aromatic heterocycles. The van der Waals surface area contributed by atoms with Crippen LogP contribution in [0.1, 0.15) is 44.1 Å². The molecule has 3 rings (SSSR count). The fourth-order valence-electron chi connectivity index (χ4n) is 3.75. The first kappa shape index (κ1) is 23.5. The zero-order chi connectivity index (χ0) is 23.6. The molecule has 0 fully saturated rings. The van der Waals surface area contributed by atoms with E-state index in [-0.39, 0.29) is 5.57 Å². The van der Waals surface area contributed by atoms with Gasteiger partial charge in [-0.15, -0.1) is 0 Å². The third kappa shape index (κ3) is 4.53. The van der Waals surface area contributed by atoms with Crippen LogP contribution in [-0.2, 0) is 19.1 Å². The van der Waals surface area contributed by atoms with Gasteiger partial charge in [0.2, 0.25) is 0 Å². The van der Waals surface area contributed by atoms with E-state index in [9.17, 15) is 9.59 Å². The Labute approximate surface area is 192 Å². The summed E-state index contributed by atoms with van der Waals surface area (Å²) < 4.78 is 16.5. The lowest BCUT2D eigenvalue weighted by Gasteiger charge is -2.31. The normalized spacial score (nSPS) is 17.0. The number of benzene rings is 1. The van der Waals surface area contributed by atoms with E-state index in [0.717, 1.165) is 0 Å². The quantitative estimate of drug-likeness (QED) is 0.627. The van der Waals surface area contributed by atoms with E-state index in [0.29, 0.717) is 39.2 Å². The highest BCUT2D eigenvalue weighted by molar-refractivity contribution is 6.31. The largest absolute Gasteiger partial charge is 0.466 e. The number of hydrogen-bond acceptors (Lipinski definition) is 7. The molecule has 1 aliphatic rings. The third-order valence-electron chi connectivity index (χ3n) is 5.34. The van der Waals surface area contributed by atoms with Crippen LogP contribution in [0, 0.1) is 0 Å². The summed E-state index contributed by atoms with van der Waals surface area (Å²) in [5.41, 5.74) is 2.37. The number of halogens is 1. The van der Waals surface area contributed by atoms with Gasteiger partial charge in [0.05, 0.1) is 24.2 Å². The Morgan fingerprint density at radius 3 is 2.25 bits per heavy atom. The highest BCUT2D eigenvalue weighted by atomic mass is 35.5. The van der Waals surface area contributed by atoms with Crippen molar-refractivity contribution in [3.8, 4) is 0 Å². The number of furan rings is 1. The van der Waals surface area contributed by atoms with Crippen molar-refractivity contribution < 1.29 is 23.5 Å². The van der Waals surface area contributed by atoms with Crippen LogP contribution in [0.25, 0.3) is 0 Å². The van der Waals surface area contributed by atoms with Crippen molar-refractivity contribution in [1.29, 1.82) is 0 Å². The number of esters is 2. The molecule has 1 aliphatic heterocycles. The molecule has 0 radical (unpaired) electrons. The standard InChI is InChI=1S/C24H27ClN2O5/c1-13-20(23(28)30-6)22(16-9-7-8-10-17(16)25)21(14(2)26-13)24(29)31-15(3)18-11-12-19(32-18)27(4)5/h7-12,15,22,26H,1-6H3. The van der Waals surface area contributed by atoms with Crippen LogP contribution in [0.3, 0.4) is 0 Å². The van der Waals surface area contributed by atoms with Crippen LogP contribution in [-0.4, -0.2) is 33.1 Å². The van der Waals surface area contributed by atoms with Crippen LogP contribution >= 0.6 is 11.6 Å². The summed E-state index contributed by atoms with van der Waals surface area (Å²) >= 11 is 6.48. The van der Waals surface area contributed by atoms with E-state index in [1.165, 1.54) is 7.11 Å².